The number of aromatic nitrogens is 12. The van der Waals surface area contributed by atoms with Gasteiger partial charge >= 0.3 is 24.0 Å². The van der Waals surface area contributed by atoms with E-state index in [1.54, 1.807) is 85.9 Å². The zero-order chi connectivity index (χ0) is 95.6. The van der Waals surface area contributed by atoms with Crippen molar-refractivity contribution < 1.29 is 56.8 Å². The molecule has 12 N–H and O–H groups in total. The molecule has 0 spiro atoms. The second-order valence-corrected chi connectivity index (χ2v) is 38.2. The topological polar surface area (TPSA) is 435 Å². The second kappa shape index (κ2) is 50.2. The van der Waals surface area contributed by atoms with Gasteiger partial charge in [-0.3, -0.25) is 19.6 Å². The van der Waals surface area contributed by atoms with Crippen LogP contribution in [-0.4, -0.2) is 213 Å². The minimum absolute atomic E-state index is 0. The van der Waals surface area contributed by atoms with Gasteiger partial charge in [-0.15, -0.1) is 45.3 Å². The van der Waals surface area contributed by atoms with E-state index in [4.69, 9.17) is 111 Å². The molecule has 4 atom stereocenters. The molecule has 4 fully saturated rings. The van der Waals surface area contributed by atoms with Crippen molar-refractivity contribution in [1.29, 1.82) is 0 Å². The number of methoxy groups -OCH3 is 4. The van der Waals surface area contributed by atoms with Crippen LogP contribution in [0.15, 0.2) is 97.1 Å². The zero-order valence-corrected chi connectivity index (χ0v) is 83.1. The Morgan fingerprint density at radius 2 is 0.478 bits per heavy atom. The minimum Gasteiger partial charge on any atom is -0.493 e. The average Bonchev–Trinajstić information content (AvgIpc) is 1.67. The summed E-state index contributed by atoms with van der Waals surface area (Å²) in [5.41, 5.74) is 43.4. The number of thiazole rings is 4. The molecule has 4 aliphatic rings. The van der Waals surface area contributed by atoms with Gasteiger partial charge in [0.1, 0.15) is 106 Å². The van der Waals surface area contributed by atoms with Crippen LogP contribution in [0.5, 0.6) is 70.0 Å². The number of rotatable bonds is 36. The second-order valence-electron chi connectivity index (χ2n) is 33.4. The van der Waals surface area contributed by atoms with Crippen LogP contribution < -0.4 is 91.2 Å². The monoisotopic (exact) mass is 1940 g/mol. The van der Waals surface area contributed by atoms with Crippen molar-refractivity contribution in [3.05, 3.63) is 151 Å². The molecule has 38 heteroatoms. The van der Waals surface area contributed by atoms with Crippen LogP contribution in [0.4, 0.5) is 34.9 Å². The fourth-order valence-corrected chi connectivity index (χ4v) is 20.1. The van der Waals surface area contributed by atoms with Crippen molar-refractivity contribution in [3.8, 4) is 112 Å². The number of ether oxygens (including phenoxy) is 12. The first kappa shape index (κ1) is 103. The lowest BCUT2D eigenvalue weighted by molar-refractivity contribution is 0.180. The Morgan fingerprint density at radius 3 is 0.691 bits per heavy atom. The van der Waals surface area contributed by atoms with Crippen molar-refractivity contribution in [2.45, 2.75) is 172 Å². The quantitative estimate of drug-likeness (QED) is 0.0212. The Kier molecular flexibility index (Phi) is 37.9. The highest BCUT2D eigenvalue weighted by Gasteiger charge is 2.27. The molecule has 4 saturated heterocycles. The molecule has 0 aliphatic carbocycles. The highest BCUT2D eigenvalue weighted by molar-refractivity contribution is 7.16. The van der Waals surface area contributed by atoms with E-state index in [0.29, 0.717) is 49.6 Å². The van der Waals surface area contributed by atoms with Crippen molar-refractivity contribution >= 4 is 80.3 Å². The lowest BCUT2D eigenvalue weighted by atomic mass is 10.1. The summed E-state index contributed by atoms with van der Waals surface area (Å²) in [7, 11) is 6.63. The fourth-order valence-electron chi connectivity index (χ4n) is 16.1. The first-order valence-corrected chi connectivity index (χ1v) is 49.2. The number of nitrogens with zero attached hydrogens (tertiary/aromatic N) is 16. The van der Waals surface area contributed by atoms with Crippen LogP contribution in [0.1, 0.15) is 184 Å². The molecule has 4 unspecified atom stereocenters. The molecule has 12 aromatic rings. The van der Waals surface area contributed by atoms with E-state index in [-0.39, 0.29) is 79.2 Å². The third-order valence-electron chi connectivity index (χ3n) is 23.0. The number of nitrogens with two attached hydrogens (primary N) is 6. The van der Waals surface area contributed by atoms with E-state index < -0.39 is 0 Å². The molecule has 34 nitrogen and oxygen atoms in total. The number of hydrogen-bond donors (Lipinski definition) is 6. The zero-order valence-electron chi connectivity index (χ0n) is 79.8. The van der Waals surface area contributed by atoms with E-state index in [9.17, 15) is 0 Å². The summed E-state index contributed by atoms with van der Waals surface area (Å²) in [6, 6.07) is 30.9. The van der Waals surface area contributed by atoms with Crippen LogP contribution in [0.25, 0.3) is 42.3 Å². The lowest BCUT2D eigenvalue weighted by Crippen LogP contribution is -2.33. The molecule has 4 aliphatic heterocycles. The lowest BCUT2D eigenvalue weighted by Gasteiger charge is -2.26. The van der Waals surface area contributed by atoms with Gasteiger partial charge in [0, 0.05) is 104 Å². The number of likely N-dealkylation sites (tertiary alicyclic amines) is 4. The Hall–Kier alpha value is -12.0. The van der Waals surface area contributed by atoms with Gasteiger partial charge in [-0.25, -0.2) is 29.9 Å². The molecule has 16 rings (SSSR count). The molecular formula is C98H132N22O12S4. The summed E-state index contributed by atoms with van der Waals surface area (Å²) in [6.07, 6.45) is 12.8. The van der Waals surface area contributed by atoms with Gasteiger partial charge in [-0.05, 0) is 246 Å². The van der Waals surface area contributed by atoms with Gasteiger partial charge in [0.05, 0.1) is 51.2 Å². The highest BCUT2D eigenvalue weighted by Crippen LogP contribution is 2.43. The van der Waals surface area contributed by atoms with E-state index in [1.807, 2.05) is 142 Å². The molecule has 8 aromatic heterocycles. The van der Waals surface area contributed by atoms with Crippen molar-refractivity contribution in [3.63, 3.8) is 0 Å². The van der Waals surface area contributed by atoms with Crippen LogP contribution in [0, 0.1) is 41.5 Å². The summed E-state index contributed by atoms with van der Waals surface area (Å²) in [5.74, 6) is 7.59. The number of nitrogen functional groups attached to an aromatic ring is 6. The number of anilines is 6. The molecule has 730 valence electrons. The van der Waals surface area contributed by atoms with Crippen LogP contribution >= 0.6 is 45.3 Å². The highest BCUT2D eigenvalue weighted by atomic mass is 32.1. The predicted molar refractivity (Wildman–Crippen MR) is 541 cm³/mol. The molecule has 136 heavy (non-hydrogen) atoms. The van der Waals surface area contributed by atoms with E-state index in [1.165, 1.54) is 82.8 Å². The maximum atomic E-state index is 6.14. The predicted octanol–water partition coefficient (Wildman–Crippen LogP) is 18.0. The molecule has 0 amide bonds. The van der Waals surface area contributed by atoms with Crippen LogP contribution in [-0.2, 0) is 0 Å². The number of aryl methyl sites for hydroxylation is 6. The van der Waals surface area contributed by atoms with Gasteiger partial charge in [0.2, 0.25) is 0 Å². The standard InChI is InChI=1S/C25H33N5O3S.2C24H32N6O3S.C24H31N5O3S.CH4/c1-16-14-22(26)28-25(27-16)33-17(2)23-18(3)34-24(29-23)19-8-9-20(31-4)21(15-19)32-13-12-30-10-6-5-7-11-30;2*1-15(33-24-27-20(25)14-21(26)28-24)22-16(2)34-23(29-22)17-7-8-18(31-3)19(13-17)32-12-11-30-9-5-4-6-10-30;1-15-13-21(25)27-24(26-15)32-16(2)22-17(3)33-23(28-22)18-7-8-19(30-4)20(14-18)31-12-11-29-9-5-6-10-29;/h8-9,14-15,17H,5-7,10-13H2,1-4H3,(H2,26,27,28);2*7-8,13-15H,4-6,9-12H2,1-3H3,(H4,25,26,27,28);7-8,13-14,16H,5-6,9-12H2,1-4H3,(H2,25,26,27);1H4. The molecular weight excluding hydrogens is 1810 g/mol. The Balaban J connectivity index is 0.000000163. The Bertz CT molecular complexity index is 5340. The summed E-state index contributed by atoms with van der Waals surface area (Å²) >= 11 is 6.43. The van der Waals surface area contributed by atoms with Crippen LogP contribution in [0.2, 0.25) is 0 Å². The number of benzene rings is 4. The normalized spacial score (nSPS) is 15.0. The maximum Gasteiger partial charge on any atom is 0.320 e. The summed E-state index contributed by atoms with van der Waals surface area (Å²) in [5, 5.41) is 3.55. The van der Waals surface area contributed by atoms with Crippen molar-refractivity contribution in [2.24, 2.45) is 0 Å². The average molecular weight is 1940 g/mol. The van der Waals surface area contributed by atoms with Crippen molar-refractivity contribution in [1.82, 2.24) is 79.4 Å². The maximum absolute atomic E-state index is 6.14. The molecule has 0 saturated carbocycles. The number of hydrogen-bond acceptors (Lipinski definition) is 38. The SMILES string of the molecule is C.COc1ccc(-c2nc(C(C)Oc3nc(C)cc(N)n3)c(C)s2)cc1OCCN1CCCC1.COc1ccc(-c2nc(C(C)Oc3nc(C)cc(N)n3)c(C)s2)cc1OCCN1CCCCC1.COc1ccc(-c2nc(C(C)Oc3nc(N)cc(N)n3)c(C)s2)cc1OCCN1CCCCC1.COc1ccc(-c2nc(C(C)Oc3nc(N)cc(N)n3)c(C)s2)cc1OCCN1CCCCC1. The van der Waals surface area contributed by atoms with Gasteiger partial charge < -0.3 is 91.2 Å². The van der Waals surface area contributed by atoms with Crippen LogP contribution in [0.3, 0.4) is 0 Å². The molecule has 0 bridgehead atoms. The smallest absolute Gasteiger partial charge is 0.320 e. The third kappa shape index (κ3) is 29.3. The fraction of sp³-hybridized carbons (Fsp3) is 0.469. The van der Waals surface area contributed by atoms with Gasteiger partial charge in [-0.1, -0.05) is 26.7 Å². The third-order valence-corrected chi connectivity index (χ3v) is 27.2. The van der Waals surface area contributed by atoms with E-state index in [0.717, 1.165) is 209 Å². The summed E-state index contributed by atoms with van der Waals surface area (Å²) < 4.78 is 70.2. The van der Waals surface area contributed by atoms with Gasteiger partial charge in [-0.2, -0.15) is 29.9 Å². The molecule has 12 heterocycles. The summed E-state index contributed by atoms with van der Waals surface area (Å²) in [6.45, 7) is 34.9. The first-order valence-electron chi connectivity index (χ1n) is 45.9. The van der Waals surface area contributed by atoms with E-state index >= 15 is 0 Å². The summed E-state index contributed by atoms with van der Waals surface area (Å²) in [4.78, 5) is 66.8. The van der Waals surface area contributed by atoms with E-state index in [2.05, 4.69) is 59.5 Å². The first-order chi connectivity index (χ1) is 65.2. The van der Waals surface area contributed by atoms with Gasteiger partial charge in [0.15, 0.2) is 46.0 Å². The largest absolute Gasteiger partial charge is 0.493 e. The molecule has 0 radical (unpaired) electrons. The Morgan fingerprint density at radius 1 is 0.272 bits per heavy atom. The number of piperidine rings is 3. The Labute approximate surface area is 813 Å². The van der Waals surface area contributed by atoms with Crippen molar-refractivity contribution in [2.75, 3.05) is 168 Å². The minimum atomic E-state index is -0.371. The molecule has 4 aromatic carbocycles. The van der Waals surface area contributed by atoms with Gasteiger partial charge in [0.25, 0.3) is 0 Å².